The summed E-state index contributed by atoms with van der Waals surface area (Å²) in [4.78, 5) is 11.7. The van der Waals surface area contributed by atoms with Crippen LogP contribution in [0.4, 0.5) is 0 Å². The van der Waals surface area contributed by atoms with E-state index in [1.54, 1.807) is 13.2 Å². The van der Waals surface area contributed by atoms with Crippen molar-refractivity contribution < 1.29 is 14.3 Å². The predicted molar refractivity (Wildman–Crippen MR) is 73.4 cm³/mol. The molecule has 0 radical (unpaired) electrons. The Bertz CT molecular complexity index is 587. The Morgan fingerprint density at radius 2 is 1.89 bits per heavy atom. The van der Waals surface area contributed by atoms with E-state index in [1.165, 1.54) is 7.11 Å². The van der Waals surface area contributed by atoms with Crippen molar-refractivity contribution in [3.05, 3.63) is 42.1 Å². The zero-order valence-corrected chi connectivity index (χ0v) is 11.3. The summed E-state index contributed by atoms with van der Waals surface area (Å²) in [5, 5.41) is 0. The number of para-hydroxylation sites is 1. The third kappa shape index (κ3) is 2.34. The first kappa shape index (κ1) is 13.2. The Kier molecular flexibility index (Phi) is 3.90. The van der Waals surface area contributed by atoms with Gasteiger partial charge in [0.1, 0.15) is 11.4 Å². The van der Waals surface area contributed by atoms with Crippen molar-refractivity contribution in [2.45, 2.75) is 13.5 Å². The second kappa shape index (κ2) is 5.61. The molecule has 1 aromatic heterocycles. The van der Waals surface area contributed by atoms with E-state index in [-0.39, 0.29) is 5.97 Å². The lowest BCUT2D eigenvalue weighted by Gasteiger charge is -2.12. The van der Waals surface area contributed by atoms with Gasteiger partial charge in [0.15, 0.2) is 0 Å². The highest BCUT2D eigenvalue weighted by molar-refractivity contribution is 5.89. The number of methoxy groups -OCH3 is 2. The predicted octanol–water partition coefficient (Wildman–Crippen LogP) is 2.97. The minimum Gasteiger partial charge on any atom is -0.496 e. The number of benzene rings is 1. The van der Waals surface area contributed by atoms with E-state index < -0.39 is 0 Å². The Hall–Kier alpha value is -2.23. The summed E-state index contributed by atoms with van der Waals surface area (Å²) in [6.07, 6.45) is 0. The number of hydrogen-bond donors (Lipinski definition) is 0. The molecule has 0 N–H and O–H groups in total. The third-order valence-corrected chi connectivity index (χ3v) is 3.07. The van der Waals surface area contributed by atoms with Gasteiger partial charge in [-0.05, 0) is 31.2 Å². The quantitative estimate of drug-likeness (QED) is 0.792. The normalized spacial score (nSPS) is 10.3. The summed E-state index contributed by atoms with van der Waals surface area (Å²) in [7, 11) is 3.03. The van der Waals surface area contributed by atoms with Crippen molar-refractivity contribution in [3.63, 3.8) is 0 Å². The second-order valence-electron chi connectivity index (χ2n) is 4.04. The van der Waals surface area contributed by atoms with E-state index in [1.807, 2.05) is 41.8 Å². The van der Waals surface area contributed by atoms with Crippen LogP contribution in [-0.4, -0.2) is 24.8 Å². The number of esters is 1. The summed E-state index contributed by atoms with van der Waals surface area (Å²) >= 11 is 0. The highest BCUT2D eigenvalue weighted by Crippen LogP contribution is 2.31. The Balaban J connectivity index is 2.57. The van der Waals surface area contributed by atoms with Crippen LogP contribution in [0.2, 0.25) is 0 Å². The number of ether oxygens (including phenoxy) is 2. The molecule has 0 saturated heterocycles. The topological polar surface area (TPSA) is 40.5 Å². The van der Waals surface area contributed by atoms with E-state index in [2.05, 4.69) is 0 Å². The molecule has 0 amide bonds. The van der Waals surface area contributed by atoms with E-state index in [9.17, 15) is 4.79 Å². The minimum atomic E-state index is -0.331. The van der Waals surface area contributed by atoms with Gasteiger partial charge in [-0.3, -0.25) is 0 Å². The number of nitrogens with zero attached hydrogens (tertiary/aromatic N) is 1. The molecule has 0 aliphatic carbocycles. The van der Waals surface area contributed by atoms with Crippen molar-refractivity contribution in [3.8, 4) is 17.0 Å². The van der Waals surface area contributed by atoms with E-state index in [0.29, 0.717) is 12.2 Å². The molecule has 0 spiro atoms. The molecule has 100 valence electrons. The zero-order chi connectivity index (χ0) is 13.8. The molecule has 2 aromatic rings. The maximum Gasteiger partial charge on any atom is 0.354 e. The summed E-state index contributed by atoms with van der Waals surface area (Å²) in [6.45, 7) is 2.68. The largest absolute Gasteiger partial charge is 0.496 e. The van der Waals surface area contributed by atoms with Gasteiger partial charge in [-0.25, -0.2) is 4.79 Å². The maximum atomic E-state index is 11.7. The van der Waals surface area contributed by atoms with Gasteiger partial charge in [0.05, 0.1) is 19.9 Å². The van der Waals surface area contributed by atoms with Crippen molar-refractivity contribution in [1.29, 1.82) is 0 Å². The van der Waals surface area contributed by atoms with Gasteiger partial charge in [-0.2, -0.15) is 0 Å². The van der Waals surface area contributed by atoms with Crippen LogP contribution >= 0.6 is 0 Å². The molecule has 0 bridgehead atoms. The maximum absolute atomic E-state index is 11.7. The molecule has 0 aliphatic rings. The van der Waals surface area contributed by atoms with Crippen LogP contribution in [0.25, 0.3) is 11.3 Å². The molecule has 4 nitrogen and oxygen atoms in total. The SMILES string of the molecule is CCn1c(C(=O)OC)ccc1-c1ccccc1OC. The van der Waals surface area contributed by atoms with E-state index >= 15 is 0 Å². The summed E-state index contributed by atoms with van der Waals surface area (Å²) in [6, 6.07) is 11.4. The van der Waals surface area contributed by atoms with Crippen molar-refractivity contribution in [1.82, 2.24) is 4.57 Å². The Morgan fingerprint density at radius 3 is 2.53 bits per heavy atom. The van der Waals surface area contributed by atoms with Gasteiger partial charge in [0.25, 0.3) is 0 Å². The number of aromatic nitrogens is 1. The second-order valence-corrected chi connectivity index (χ2v) is 4.04. The van der Waals surface area contributed by atoms with Gasteiger partial charge in [-0.15, -0.1) is 0 Å². The van der Waals surface area contributed by atoms with Crippen molar-refractivity contribution in [2.75, 3.05) is 14.2 Å². The number of hydrogen-bond acceptors (Lipinski definition) is 3. The first-order valence-electron chi connectivity index (χ1n) is 6.14. The lowest BCUT2D eigenvalue weighted by molar-refractivity contribution is 0.0589. The Labute approximate surface area is 112 Å². The van der Waals surface area contributed by atoms with Gasteiger partial charge in [0, 0.05) is 12.1 Å². The molecule has 0 unspecified atom stereocenters. The van der Waals surface area contributed by atoms with Crippen molar-refractivity contribution in [2.24, 2.45) is 0 Å². The lowest BCUT2D eigenvalue weighted by atomic mass is 10.1. The van der Waals surface area contributed by atoms with Crippen molar-refractivity contribution >= 4 is 5.97 Å². The molecular formula is C15H17NO3. The molecule has 4 heteroatoms. The highest BCUT2D eigenvalue weighted by Gasteiger charge is 2.17. The summed E-state index contributed by atoms with van der Waals surface area (Å²) < 4.78 is 12.1. The molecule has 0 atom stereocenters. The molecule has 1 heterocycles. The van der Waals surface area contributed by atoms with Gasteiger partial charge < -0.3 is 14.0 Å². The van der Waals surface area contributed by atoms with Crippen LogP contribution in [0.1, 0.15) is 17.4 Å². The number of carbonyl (C=O) groups excluding carboxylic acids is 1. The molecular weight excluding hydrogens is 242 g/mol. The molecule has 19 heavy (non-hydrogen) atoms. The Morgan fingerprint density at radius 1 is 1.16 bits per heavy atom. The molecule has 1 aromatic carbocycles. The van der Waals surface area contributed by atoms with Crippen LogP contribution in [0, 0.1) is 0 Å². The van der Waals surface area contributed by atoms with Crippen LogP contribution in [0.3, 0.4) is 0 Å². The average molecular weight is 259 g/mol. The summed E-state index contributed by atoms with van der Waals surface area (Å²) in [5.41, 5.74) is 2.45. The third-order valence-electron chi connectivity index (χ3n) is 3.07. The average Bonchev–Trinajstić information content (AvgIpc) is 2.89. The first-order chi connectivity index (χ1) is 9.22. The zero-order valence-electron chi connectivity index (χ0n) is 11.3. The van der Waals surface area contributed by atoms with Gasteiger partial charge >= 0.3 is 5.97 Å². The van der Waals surface area contributed by atoms with Gasteiger partial charge in [0.2, 0.25) is 0 Å². The lowest BCUT2D eigenvalue weighted by Crippen LogP contribution is -2.10. The van der Waals surface area contributed by atoms with E-state index in [4.69, 9.17) is 9.47 Å². The fourth-order valence-corrected chi connectivity index (χ4v) is 2.18. The van der Waals surface area contributed by atoms with E-state index in [0.717, 1.165) is 17.0 Å². The number of rotatable bonds is 4. The molecule has 0 fully saturated rings. The number of carbonyl (C=O) groups is 1. The standard InChI is InChI=1S/C15H17NO3/c1-4-16-12(9-10-13(16)15(17)19-3)11-7-5-6-8-14(11)18-2/h5-10H,4H2,1-3H3. The van der Waals surface area contributed by atoms with Gasteiger partial charge in [-0.1, -0.05) is 12.1 Å². The monoisotopic (exact) mass is 259 g/mol. The van der Waals surface area contributed by atoms with Crippen LogP contribution in [0.15, 0.2) is 36.4 Å². The van der Waals surface area contributed by atoms with Crippen LogP contribution in [-0.2, 0) is 11.3 Å². The molecule has 0 saturated carbocycles. The smallest absolute Gasteiger partial charge is 0.354 e. The first-order valence-corrected chi connectivity index (χ1v) is 6.14. The molecule has 0 aliphatic heterocycles. The molecule has 2 rings (SSSR count). The van der Waals surface area contributed by atoms with Crippen LogP contribution in [0.5, 0.6) is 5.75 Å². The highest BCUT2D eigenvalue weighted by atomic mass is 16.5. The fraction of sp³-hybridized carbons (Fsp3) is 0.267. The summed E-state index contributed by atoms with van der Waals surface area (Å²) in [5.74, 6) is 0.453. The fourth-order valence-electron chi connectivity index (χ4n) is 2.18. The van der Waals surface area contributed by atoms with Crippen LogP contribution < -0.4 is 4.74 Å². The minimum absolute atomic E-state index is 0.331.